The Bertz CT molecular complexity index is 793. The number of hydrogen-bond acceptors (Lipinski definition) is 6. The average molecular weight is 357 g/mol. The second kappa shape index (κ2) is 6.51. The molecule has 4 heterocycles. The molecule has 0 bridgehead atoms. The molecule has 2 saturated heterocycles. The van der Waals surface area contributed by atoms with Gasteiger partial charge in [0.2, 0.25) is 5.91 Å². The fourth-order valence-corrected chi connectivity index (χ4v) is 4.18. The molecule has 8 heteroatoms. The molecule has 7 nitrogen and oxygen atoms in total. The third kappa shape index (κ3) is 3.02. The summed E-state index contributed by atoms with van der Waals surface area (Å²) in [6, 6.07) is 3.86. The predicted octanol–water partition coefficient (Wildman–Crippen LogP) is 1.36. The molecule has 2 aromatic heterocycles. The van der Waals surface area contributed by atoms with Crippen LogP contribution in [0.5, 0.6) is 0 Å². The Morgan fingerprint density at radius 1 is 1.40 bits per heavy atom. The van der Waals surface area contributed by atoms with Gasteiger partial charge in [0.1, 0.15) is 0 Å². The van der Waals surface area contributed by atoms with Gasteiger partial charge in [-0.05, 0) is 42.4 Å². The number of rotatable bonds is 3. The minimum Gasteiger partial charge on any atom is -0.338 e. The van der Waals surface area contributed by atoms with Crippen LogP contribution in [0, 0.1) is 18.8 Å². The number of fused-ring (bicyclic) bond motifs is 1. The maximum Gasteiger partial charge on any atom is 0.275 e. The van der Waals surface area contributed by atoms with Gasteiger partial charge in [-0.15, -0.1) is 5.10 Å². The highest BCUT2D eigenvalue weighted by atomic mass is 32.1. The largest absolute Gasteiger partial charge is 0.338 e. The number of carbonyl (C=O) groups is 2. The maximum atomic E-state index is 12.9. The van der Waals surface area contributed by atoms with Gasteiger partial charge in [0.05, 0.1) is 10.8 Å². The molecule has 2 fully saturated rings. The molecule has 0 radical (unpaired) electrons. The van der Waals surface area contributed by atoms with Gasteiger partial charge in [0.25, 0.3) is 5.91 Å². The molecule has 0 unspecified atom stereocenters. The molecule has 0 aromatic carbocycles. The molecule has 0 N–H and O–H groups in total. The van der Waals surface area contributed by atoms with Crippen LogP contribution in [-0.2, 0) is 11.3 Å². The number of hydrogen-bond donors (Lipinski definition) is 0. The molecule has 0 saturated carbocycles. The molecule has 2 aliphatic rings. The van der Waals surface area contributed by atoms with Crippen LogP contribution in [0.4, 0.5) is 0 Å². The van der Waals surface area contributed by atoms with Gasteiger partial charge in [0.15, 0.2) is 5.69 Å². The predicted molar refractivity (Wildman–Crippen MR) is 91.8 cm³/mol. The van der Waals surface area contributed by atoms with Crippen molar-refractivity contribution in [2.24, 2.45) is 11.8 Å². The van der Waals surface area contributed by atoms with Gasteiger partial charge >= 0.3 is 0 Å². The molecule has 4 rings (SSSR count). The van der Waals surface area contributed by atoms with Crippen LogP contribution < -0.4 is 0 Å². The second-order valence-corrected chi connectivity index (χ2v) is 7.62. The molecule has 25 heavy (non-hydrogen) atoms. The maximum absolute atomic E-state index is 12.9. The number of piperidine rings is 1. The van der Waals surface area contributed by atoms with Gasteiger partial charge in [-0.25, -0.2) is 0 Å². The van der Waals surface area contributed by atoms with Crippen molar-refractivity contribution in [1.29, 1.82) is 0 Å². The Morgan fingerprint density at radius 2 is 2.28 bits per heavy atom. The van der Waals surface area contributed by atoms with Crippen molar-refractivity contribution in [3.05, 3.63) is 40.7 Å². The lowest BCUT2D eigenvalue weighted by Gasteiger charge is -2.33. The van der Waals surface area contributed by atoms with Crippen molar-refractivity contribution in [3.63, 3.8) is 0 Å². The van der Waals surface area contributed by atoms with Crippen LogP contribution in [0.1, 0.15) is 27.3 Å². The number of carbonyl (C=O) groups excluding carboxylic acids is 2. The molecule has 2 aromatic rings. The Kier molecular flexibility index (Phi) is 4.20. The zero-order valence-corrected chi connectivity index (χ0v) is 14.8. The average Bonchev–Trinajstić information content (AvgIpc) is 3.24. The summed E-state index contributed by atoms with van der Waals surface area (Å²) in [6.07, 6.45) is 4.45. The van der Waals surface area contributed by atoms with E-state index < -0.39 is 0 Å². The van der Waals surface area contributed by atoms with Crippen molar-refractivity contribution in [2.75, 3.05) is 19.6 Å². The van der Waals surface area contributed by atoms with Crippen molar-refractivity contribution >= 4 is 23.3 Å². The van der Waals surface area contributed by atoms with Gasteiger partial charge in [0, 0.05) is 38.6 Å². The highest BCUT2D eigenvalue weighted by Gasteiger charge is 2.44. The SMILES string of the molecule is Cc1snnc1C(=O)N1C[C@@H]2CCN(Cc3cccnc3)C(=O)[C@H]2C1. The van der Waals surface area contributed by atoms with Crippen LogP contribution in [0.3, 0.4) is 0 Å². The Morgan fingerprint density at radius 3 is 3.00 bits per heavy atom. The van der Waals surface area contributed by atoms with E-state index in [1.807, 2.05) is 24.0 Å². The van der Waals surface area contributed by atoms with E-state index in [0.717, 1.165) is 23.4 Å². The first-order valence-electron chi connectivity index (χ1n) is 8.39. The van der Waals surface area contributed by atoms with Crippen molar-refractivity contribution < 1.29 is 9.59 Å². The van der Waals surface area contributed by atoms with Gasteiger partial charge in [-0.1, -0.05) is 10.6 Å². The minimum absolute atomic E-state index is 0.104. The fourth-order valence-electron chi connectivity index (χ4n) is 3.72. The van der Waals surface area contributed by atoms with Crippen molar-refractivity contribution in [3.8, 4) is 0 Å². The lowest BCUT2D eigenvalue weighted by Crippen LogP contribution is -2.44. The zero-order chi connectivity index (χ0) is 17.4. The van der Waals surface area contributed by atoms with Crippen molar-refractivity contribution in [1.82, 2.24) is 24.4 Å². The number of aryl methyl sites for hydroxylation is 1. The van der Waals surface area contributed by atoms with Gasteiger partial charge in [-0.3, -0.25) is 14.6 Å². The zero-order valence-electron chi connectivity index (χ0n) is 14.0. The van der Waals surface area contributed by atoms with Crippen molar-refractivity contribution in [2.45, 2.75) is 19.9 Å². The summed E-state index contributed by atoms with van der Waals surface area (Å²) < 4.78 is 3.84. The fraction of sp³-hybridized carbons (Fsp3) is 0.471. The lowest BCUT2D eigenvalue weighted by atomic mass is 9.88. The summed E-state index contributed by atoms with van der Waals surface area (Å²) >= 11 is 1.23. The number of likely N-dealkylation sites (tertiary alicyclic amines) is 2. The topological polar surface area (TPSA) is 79.3 Å². The summed E-state index contributed by atoms with van der Waals surface area (Å²) in [5.41, 5.74) is 1.45. The molecular formula is C17H19N5O2S. The molecule has 0 spiro atoms. The van der Waals surface area contributed by atoms with E-state index in [4.69, 9.17) is 0 Å². The highest BCUT2D eigenvalue weighted by Crippen LogP contribution is 2.33. The molecule has 0 aliphatic carbocycles. The summed E-state index contributed by atoms with van der Waals surface area (Å²) in [5, 5.41) is 3.94. The van der Waals surface area contributed by atoms with Gasteiger partial charge < -0.3 is 9.80 Å². The lowest BCUT2D eigenvalue weighted by molar-refractivity contribution is -0.140. The highest BCUT2D eigenvalue weighted by molar-refractivity contribution is 7.05. The van der Waals surface area contributed by atoms with Crippen LogP contribution in [0.2, 0.25) is 0 Å². The number of aromatic nitrogens is 3. The molecular weight excluding hydrogens is 338 g/mol. The third-order valence-electron chi connectivity index (χ3n) is 5.08. The van der Waals surface area contributed by atoms with E-state index in [1.54, 1.807) is 17.3 Å². The van der Waals surface area contributed by atoms with Crippen LogP contribution >= 0.6 is 11.5 Å². The summed E-state index contributed by atoms with van der Waals surface area (Å²) in [5.74, 6) is 0.172. The smallest absolute Gasteiger partial charge is 0.275 e. The Labute approximate surface area is 149 Å². The van der Waals surface area contributed by atoms with Crippen LogP contribution in [-0.4, -0.2) is 55.8 Å². The van der Waals surface area contributed by atoms with E-state index in [-0.39, 0.29) is 23.7 Å². The molecule has 2 amide bonds. The normalized spacial score (nSPS) is 23.0. The van der Waals surface area contributed by atoms with Crippen LogP contribution in [0.15, 0.2) is 24.5 Å². The second-order valence-electron chi connectivity index (χ2n) is 6.66. The number of pyridine rings is 1. The Balaban J connectivity index is 1.45. The van der Waals surface area contributed by atoms with E-state index in [1.165, 1.54) is 11.5 Å². The standard InChI is InChI=1S/C17H19N5O2S/c1-11-15(19-20-25-11)17(24)22-9-13-4-6-21(16(23)14(13)10-22)8-12-3-2-5-18-7-12/h2-3,5,7,13-14H,4,6,8-10H2,1H3/t13-,14-/m0/s1. The molecule has 130 valence electrons. The molecule has 2 aliphatic heterocycles. The summed E-state index contributed by atoms with van der Waals surface area (Å²) in [4.78, 5) is 34.1. The quantitative estimate of drug-likeness (QED) is 0.829. The number of amides is 2. The first-order chi connectivity index (χ1) is 12.1. The van der Waals surface area contributed by atoms with Gasteiger partial charge in [-0.2, -0.15) is 0 Å². The number of nitrogens with zero attached hydrogens (tertiary/aromatic N) is 5. The van der Waals surface area contributed by atoms with Crippen LogP contribution in [0.25, 0.3) is 0 Å². The van der Waals surface area contributed by atoms with E-state index in [0.29, 0.717) is 25.3 Å². The van der Waals surface area contributed by atoms with E-state index >= 15 is 0 Å². The minimum atomic E-state index is -0.110. The van der Waals surface area contributed by atoms with E-state index in [2.05, 4.69) is 14.6 Å². The molecule has 2 atom stereocenters. The monoisotopic (exact) mass is 357 g/mol. The first-order valence-corrected chi connectivity index (χ1v) is 9.16. The summed E-state index contributed by atoms with van der Waals surface area (Å²) in [6.45, 7) is 4.27. The summed E-state index contributed by atoms with van der Waals surface area (Å²) in [7, 11) is 0. The first kappa shape index (κ1) is 16.1. The Hall–Kier alpha value is -2.35. The van der Waals surface area contributed by atoms with E-state index in [9.17, 15) is 9.59 Å². The third-order valence-corrected chi connectivity index (χ3v) is 5.71.